The number of hydrogen-bond donors (Lipinski definition) is 3. The molecule has 0 spiro atoms. The van der Waals surface area contributed by atoms with Crippen LogP contribution >= 0.6 is 18.8 Å². The fourth-order valence-corrected chi connectivity index (χ4v) is 7.19. The zero-order chi connectivity index (χ0) is 28.8. The maximum Gasteiger partial charge on any atom is 0.338 e. The zero-order valence-corrected chi connectivity index (χ0v) is 24.2. The van der Waals surface area contributed by atoms with E-state index in [0.717, 1.165) is 0 Å². The minimum absolute atomic E-state index is 0.105. The number of aromatic nitrogens is 1. The number of aliphatic imine (C=N–C) groups is 1. The van der Waals surface area contributed by atoms with Crippen LogP contribution in [-0.2, 0) is 14.1 Å². The molecule has 4 aromatic rings. The van der Waals surface area contributed by atoms with Crippen LogP contribution in [-0.4, -0.2) is 29.6 Å². The van der Waals surface area contributed by atoms with Crippen molar-refractivity contribution >= 4 is 42.0 Å². The molecule has 0 saturated carbocycles. The van der Waals surface area contributed by atoms with E-state index in [1.54, 1.807) is 26.1 Å². The third kappa shape index (κ3) is 6.73. The van der Waals surface area contributed by atoms with Crippen LogP contribution < -0.4 is 15.5 Å². The van der Waals surface area contributed by atoms with Gasteiger partial charge in [0.2, 0.25) is 0 Å². The van der Waals surface area contributed by atoms with Gasteiger partial charge in [-0.05, 0) is 61.4 Å². The molecule has 1 aliphatic heterocycles. The van der Waals surface area contributed by atoms with Crippen molar-refractivity contribution in [3.63, 3.8) is 0 Å². The van der Waals surface area contributed by atoms with Gasteiger partial charge in [-0.25, -0.2) is 14.2 Å². The van der Waals surface area contributed by atoms with Crippen LogP contribution in [0, 0.1) is 12.7 Å². The highest BCUT2D eigenvalue weighted by molar-refractivity contribution is 7.67. The highest BCUT2D eigenvalue weighted by atomic mass is 32.1. The van der Waals surface area contributed by atoms with Crippen LogP contribution in [0.3, 0.4) is 0 Å². The normalized spacial score (nSPS) is 15.1. The number of amidine groups is 1. The molecule has 1 aliphatic rings. The van der Waals surface area contributed by atoms with Gasteiger partial charge < -0.3 is 20.2 Å². The molecule has 0 bridgehead atoms. The number of nitrogens with one attached hydrogen (secondary N) is 3. The maximum atomic E-state index is 14.7. The number of ether oxygens (including phenoxy) is 1. The number of allylic oxidation sites excluding steroid dienone is 1. The minimum Gasteiger partial charge on any atom is -0.463 e. The van der Waals surface area contributed by atoms with Crippen molar-refractivity contribution in [1.82, 2.24) is 10.3 Å². The number of aryl methyl sites for hydroxylation is 1. The van der Waals surface area contributed by atoms with Gasteiger partial charge in [0.1, 0.15) is 11.9 Å². The van der Waals surface area contributed by atoms with Gasteiger partial charge in [0.05, 0.1) is 18.3 Å². The fraction of sp³-hybridized carbons (Fsp3) is 0.167. The predicted octanol–water partition coefficient (Wildman–Crippen LogP) is 6.92. The Hall–Kier alpha value is -4.27. The van der Waals surface area contributed by atoms with Gasteiger partial charge in [-0.15, -0.1) is 11.3 Å². The van der Waals surface area contributed by atoms with Crippen molar-refractivity contribution in [3.8, 4) is 0 Å². The van der Waals surface area contributed by atoms with Crippen molar-refractivity contribution in [1.29, 1.82) is 0 Å². The number of rotatable bonds is 10. The number of carbonyl (C=O) groups is 1. The maximum absolute atomic E-state index is 14.7. The summed E-state index contributed by atoms with van der Waals surface area (Å²) in [5.74, 6) is -0.575. The summed E-state index contributed by atoms with van der Waals surface area (Å²) >= 11 is 1.37. The molecule has 41 heavy (non-hydrogen) atoms. The molecule has 0 fully saturated rings. The zero-order valence-electron chi connectivity index (χ0n) is 22.5. The van der Waals surface area contributed by atoms with Crippen molar-refractivity contribution in [2.45, 2.75) is 19.9 Å². The predicted molar refractivity (Wildman–Crippen MR) is 162 cm³/mol. The number of para-hydroxylation sites is 2. The van der Waals surface area contributed by atoms with E-state index < -0.39 is 25.3 Å². The number of esters is 1. The number of halogens is 1. The summed E-state index contributed by atoms with van der Waals surface area (Å²) in [6, 6.07) is 21.9. The van der Waals surface area contributed by atoms with Gasteiger partial charge >= 0.3 is 5.97 Å². The monoisotopic (exact) mass is 589 g/mol. The van der Waals surface area contributed by atoms with Crippen molar-refractivity contribution < 1.29 is 18.5 Å². The summed E-state index contributed by atoms with van der Waals surface area (Å²) in [6.07, 6.45) is 1.55. The van der Waals surface area contributed by atoms with E-state index in [1.807, 2.05) is 66.0 Å². The smallest absolute Gasteiger partial charge is 0.338 e. The molecule has 210 valence electrons. The van der Waals surface area contributed by atoms with Gasteiger partial charge in [-0.2, -0.15) is 0 Å². The summed E-state index contributed by atoms with van der Waals surface area (Å²) in [4.78, 5) is 22.8. The Bertz CT molecular complexity index is 1580. The fourth-order valence-electron chi connectivity index (χ4n) is 4.56. The van der Waals surface area contributed by atoms with Crippen LogP contribution in [0.5, 0.6) is 0 Å². The summed E-state index contributed by atoms with van der Waals surface area (Å²) in [6.45, 7) is 3.62. The summed E-state index contributed by atoms with van der Waals surface area (Å²) in [5, 5.41) is 12.0. The van der Waals surface area contributed by atoms with E-state index in [9.17, 15) is 13.8 Å². The van der Waals surface area contributed by atoms with Gasteiger partial charge in [0, 0.05) is 28.6 Å². The van der Waals surface area contributed by atoms with E-state index in [1.165, 1.54) is 23.5 Å². The topological polar surface area (TPSA) is 105 Å². The number of carbonyl (C=O) groups excluding carboxylic acids is 1. The molecule has 0 amide bonds. The summed E-state index contributed by atoms with van der Waals surface area (Å²) in [7, 11) is -3.53. The Morgan fingerprint density at radius 3 is 2.27 bits per heavy atom. The van der Waals surface area contributed by atoms with E-state index >= 15 is 0 Å². The van der Waals surface area contributed by atoms with Gasteiger partial charge in [-0.3, -0.25) is 9.56 Å². The Balaban J connectivity index is 1.65. The summed E-state index contributed by atoms with van der Waals surface area (Å²) in [5.41, 5.74) is 3.11. The Labute approximate surface area is 241 Å². The first kappa shape index (κ1) is 28.3. The first-order chi connectivity index (χ1) is 19.8. The van der Waals surface area contributed by atoms with Gasteiger partial charge in [0.25, 0.3) is 7.44 Å². The lowest BCUT2D eigenvalue weighted by atomic mass is 9.92. The Morgan fingerprint density at radius 1 is 1.05 bits per heavy atom. The van der Waals surface area contributed by atoms with E-state index in [4.69, 9.17) is 9.73 Å². The van der Waals surface area contributed by atoms with E-state index in [0.29, 0.717) is 39.0 Å². The van der Waals surface area contributed by atoms with Crippen LogP contribution in [0.2, 0.25) is 0 Å². The number of nitrogens with zero attached hydrogens (tertiary/aromatic N) is 2. The van der Waals surface area contributed by atoms with Crippen molar-refractivity contribution in [2.75, 3.05) is 22.9 Å². The third-order valence-electron chi connectivity index (χ3n) is 6.33. The number of anilines is 2. The van der Waals surface area contributed by atoms with E-state index in [2.05, 4.69) is 20.5 Å². The summed E-state index contributed by atoms with van der Waals surface area (Å²) < 4.78 is 34.3. The van der Waals surface area contributed by atoms with Crippen molar-refractivity contribution in [3.05, 3.63) is 124 Å². The highest BCUT2D eigenvalue weighted by Crippen LogP contribution is 2.48. The third-order valence-corrected chi connectivity index (χ3v) is 9.11. The molecule has 0 radical (unpaired) electrons. The Morgan fingerprint density at radius 2 is 1.71 bits per heavy atom. The van der Waals surface area contributed by atoms with Crippen LogP contribution in [0.4, 0.5) is 15.8 Å². The van der Waals surface area contributed by atoms with Crippen molar-refractivity contribution in [2.24, 2.45) is 4.99 Å². The molecule has 1 aromatic heterocycles. The molecular formula is C30H29FN5O3PS. The van der Waals surface area contributed by atoms with E-state index in [-0.39, 0.29) is 18.3 Å². The largest absolute Gasteiger partial charge is 0.463 e. The number of thiazole rings is 1. The van der Waals surface area contributed by atoms with Crippen LogP contribution in [0.1, 0.15) is 29.1 Å². The standard InChI is InChI=1S/C30H29FN5O3PS/c1-3-39-30(37)26-25(19-40(38,35-22-10-6-4-7-11-22)36-23-12-8-5-9-13-23)33-28(29-32-16-17-41-29)34-27(26)24-15-14-21(31)18-20(24)2/h4-18,27H,3,19H2,1-2H3,(H,33,34)(H2,35,36,38). The molecule has 0 aliphatic carbocycles. The van der Waals surface area contributed by atoms with Crippen LogP contribution in [0.15, 0.2) is 107 Å². The minimum atomic E-state index is -3.53. The lowest BCUT2D eigenvalue weighted by Crippen LogP contribution is -2.36. The lowest BCUT2D eigenvalue weighted by Gasteiger charge is -2.30. The molecule has 11 heteroatoms. The second-order valence-corrected chi connectivity index (χ2v) is 12.4. The molecule has 3 N–H and O–H groups in total. The molecule has 5 rings (SSSR count). The van der Waals surface area contributed by atoms with Gasteiger partial charge in [-0.1, -0.05) is 42.5 Å². The average molecular weight is 590 g/mol. The Kier molecular flexibility index (Phi) is 8.61. The first-order valence-corrected chi connectivity index (χ1v) is 15.8. The number of hydrogen-bond acceptors (Lipinski definition) is 7. The molecule has 2 heterocycles. The molecule has 1 unspecified atom stereocenters. The quantitative estimate of drug-likeness (QED) is 0.136. The molecule has 1 atom stereocenters. The molecule has 0 saturated heterocycles. The molecule has 8 nitrogen and oxygen atoms in total. The lowest BCUT2D eigenvalue weighted by molar-refractivity contribution is -0.138. The molecular weight excluding hydrogens is 560 g/mol. The molecule has 3 aromatic carbocycles. The second kappa shape index (κ2) is 12.5. The SMILES string of the molecule is CCOC(=O)C1=C(CP(=O)(Nc2ccccc2)Nc2ccccc2)NC(c2nccs2)=NC1c1ccc(F)cc1C. The average Bonchev–Trinajstić information content (AvgIpc) is 3.49. The first-order valence-electron chi connectivity index (χ1n) is 13.0. The number of benzene rings is 3. The highest BCUT2D eigenvalue weighted by Gasteiger charge is 2.37. The van der Waals surface area contributed by atoms with Gasteiger partial charge in [0.15, 0.2) is 10.8 Å². The second-order valence-electron chi connectivity index (χ2n) is 9.31. The van der Waals surface area contributed by atoms with Crippen LogP contribution in [0.25, 0.3) is 0 Å².